The molecule has 0 aromatic carbocycles. The van der Waals surface area contributed by atoms with Gasteiger partial charge in [-0.3, -0.25) is 4.90 Å². The van der Waals surface area contributed by atoms with E-state index < -0.39 is 0 Å². The zero-order valence-corrected chi connectivity index (χ0v) is 8.78. The van der Waals surface area contributed by atoms with Crippen molar-refractivity contribution in [2.45, 2.75) is 31.7 Å². The second-order valence-corrected chi connectivity index (χ2v) is 4.43. The Morgan fingerprint density at radius 1 is 1.50 bits per heavy atom. The average molecular weight is 200 g/mol. The Hall–Kier alpha value is -0.160. The number of aliphatic hydroxyl groups is 1. The standard InChI is InChI=1S/C10H20N2O2/c1-8-4-11-5-10(14-8)7-12-3-2-9(13)6-12/h8-11,13H,2-7H2,1H3/t8-,9+,10+/m1/s1. The van der Waals surface area contributed by atoms with Crippen LogP contribution < -0.4 is 5.32 Å². The fourth-order valence-corrected chi connectivity index (χ4v) is 2.25. The summed E-state index contributed by atoms with van der Waals surface area (Å²) >= 11 is 0. The molecule has 0 radical (unpaired) electrons. The van der Waals surface area contributed by atoms with E-state index in [1.54, 1.807) is 0 Å². The third-order valence-electron chi connectivity index (χ3n) is 2.94. The topological polar surface area (TPSA) is 44.7 Å². The van der Waals surface area contributed by atoms with Gasteiger partial charge in [-0.05, 0) is 13.3 Å². The summed E-state index contributed by atoms with van der Waals surface area (Å²) in [6.45, 7) is 6.77. The van der Waals surface area contributed by atoms with Crippen molar-refractivity contribution in [1.82, 2.24) is 10.2 Å². The lowest BCUT2D eigenvalue weighted by Gasteiger charge is -2.31. The maximum atomic E-state index is 9.38. The number of morpholine rings is 1. The first-order valence-electron chi connectivity index (χ1n) is 5.50. The Morgan fingerprint density at radius 3 is 3.00 bits per heavy atom. The van der Waals surface area contributed by atoms with Crippen LogP contribution in [0.4, 0.5) is 0 Å². The molecule has 0 aliphatic carbocycles. The van der Waals surface area contributed by atoms with Gasteiger partial charge in [0.25, 0.3) is 0 Å². The van der Waals surface area contributed by atoms with Gasteiger partial charge in [0.1, 0.15) is 0 Å². The first-order valence-corrected chi connectivity index (χ1v) is 5.50. The highest BCUT2D eigenvalue weighted by atomic mass is 16.5. The molecule has 4 heteroatoms. The van der Waals surface area contributed by atoms with E-state index >= 15 is 0 Å². The van der Waals surface area contributed by atoms with E-state index in [1.165, 1.54) is 0 Å². The number of hydrogen-bond donors (Lipinski definition) is 2. The molecule has 14 heavy (non-hydrogen) atoms. The summed E-state index contributed by atoms with van der Waals surface area (Å²) in [5.41, 5.74) is 0. The van der Waals surface area contributed by atoms with Gasteiger partial charge in [-0.25, -0.2) is 0 Å². The van der Waals surface area contributed by atoms with Gasteiger partial charge in [-0.15, -0.1) is 0 Å². The van der Waals surface area contributed by atoms with Crippen LogP contribution in [0.2, 0.25) is 0 Å². The molecule has 0 aromatic rings. The first kappa shape index (κ1) is 10.4. The summed E-state index contributed by atoms with van der Waals surface area (Å²) in [5, 5.41) is 12.7. The van der Waals surface area contributed by atoms with Crippen LogP contribution in [0.3, 0.4) is 0 Å². The molecule has 0 spiro atoms. The van der Waals surface area contributed by atoms with Gasteiger partial charge in [-0.1, -0.05) is 0 Å². The number of aliphatic hydroxyl groups excluding tert-OH is 1. The molecule has 2 aliphatic rings. The number of likely N-dealkylation sites (tertiary alicyclic amines) is 1. The average Bonchev–Trinajstić information content (AvgIpc) is 2.51. The zero-order chi connectivity index (χ0) is 9.97. The van der Waals surface area contributed by atoms with Crippen molar-refractivity contribution in [2.75, 3.05) is 32.7 Å². The maximum absolute atomic E-state index is 9.38. The molecule has 0 saturated carbocycles. The first-order chi connectivity index (χ1) is 6.74. The monoisotopic (exact) mass is 200 g/mol. The smallest absolute Gasteiger partial charge is 0.0830 e. The summed E-state index contributed by atoms with van der Waals surface area (Å²) in [4.78, 5) is 2.29. The van der Waals surface area contributed by atoms with Crippen LogP contribution in [0.5, 0.6) is 0 Å². The molecular weight excluding hydrogens is 180 g/mol. The van der Waals surface area contributed by atoms with Crippen molar-refractivity contribution in [1.29, 1.82) is 0 Å². The quantitative estimate of drug-likeness (QED) is 0.626. The number of β-amino-alcohol motifs (C(OH)–C–C–N with tert-alkyl or cyclic N) is 1. The van der Waals surface area contributed by atoms with Crippen molar-refractivity contribution < 1.29 is 9.84 Å². The normalized spacial score (nSPS) is 40.3. The van der Waals surface area contributed by atoms with Gasteiger partial charge < -0.3 is 15.2 Å². The largest absolute Gasteiger partial charge is 0.392 e. The second kappa shape index (κ2) is 4.57. The van der Waals surface area contributed by atoms with E-state index in [0.29, 0.717) is 12.2 Å². The minimum Gasteiger partial charge on any atom is -0.392 e. The van der Waals surface area contributed by atoms with Gasteiger partial charge >= 0.3 is 0 Å². The van der Waals surface area contributed by atoms with Crippen molar-refractivity contribution in [3.63, 3.8) is 0 Å². The molecule has 2 N–H and O–H groups in total. The van der Waals surface area contributed by atoms with Crippen molar-refractivity contribution >= 4 is 0 Å². The minimum absolute atomic E-state index is 0.121. The van der Waals surface area contributed by atoms with E-state index in [2.05, 4.69) is 17.1 Å². The van der Waals surface area contributed by atoms with Gasteiger partial charge in [-0.2, -0.15) is 0 Å². The van der Waals surface area contributed by atoms with Crippen LogP contribution in [0, 0.1) is 0 Å². The van der Waals surface area contributed by atoms with E-state index in [-0.39, 0.29) is 6.10 Å². The molecule has 0 unspecified atom stereocenters. The summed E-state index contributed by atoms with van der Waals surface area (Å²) in [6.07, 6.45) is 1.41. The van der Waals surface area contributed by atoms with Crippen molar-refractivity contribution in [3.05, 3.63) is 0 Å². The number of hydrogen-bond acceptors (Lipinski definition) is 4. The molecule has 2 saturated heterocycles. The van der Waals surface area contributed by atoms with Crippen LogP contribution in [0.15, 0.2) is 0 Å². The Labute approximate surface area is 85.2 Å². The molecule has 0 aromatic heterocycles. The van der Waals surface area contributed by atoms with Crippen LogP contribution in [0.1, 0.15) is 13.3 Å². The Bertz CT molecular complexity index is 189. The Morgan fingerprint density at radius 2 is 2.36 bits per heavy atom. The summed E-state index contributed by atoms with van der Waals surface area (Å²) in [7, 11) is 0. The Balaban J connectivity index is 1.74. The molecule has 0 bridgehead atoms. The van der Waals surface area contributed by atoms with Gasteiger partial charge in [0.15, 0.2) is 0 Å². The molecule has 4 nitrogen and oxygen atoms in total. The van der Waals surface area contributed by atoms with E-state index in [4.69, 9.17) is 4.74 Å². The predicted octanol–water partition coefficient (Wildman–Crippen LogP) is -0.570. The Kier molecular flexibility index (Phi) is 3.38. The fraction of sp³-hybridized carbons (Fsp3) is 1.00. The second-order valence-electron chi connectivity index (χ2n) is 4.43. The van der Waals surface area contributed by atoms with Crippen molar-refractivity contribution in [3.8, 4) is 0 Å². The van der Waals surface area contributed by atoms with Gasteiger partial charge in [0.2, 0.25) is 0 Å². The van der Waals surface area contributed by atoms with E-state index in [1.807, 2.05) is 0 Å². The highest BCUT2D eigenvalue weighted by Crippen LogP contribution is 2.12. The lowest BCUT2D eigenvalue weighted by Crippen LogP contribution is -2.48. The number of nitrogens with zero attached hydrogens (tertiary/aromatic N) is 1. The lowest BCUT2D eigenvalue weighted by atomic mass is 10.2. The third-order valence-corrected chi connectivity index (χ3v) is 2.94. The highest BCUT2D eigenvalue weighted by molar-refractivity contribution is 4.80. The van der Waals surface area contributed by atoms with E-state index in [0.717, 1.165) is 39.1 Å². The lowest BCUT2D eigenvalue weighted by molar-refractivity contribution is -0.0407. The van der Waals surface area contributed by atoms with Crippen LogP contribution in [-0.2, 0) is 4.74 Å². The minimum atomic E-state index is -0.121. The molecule has 2 heterocycles. The van der Waals surface area contributed by atoms with Crippen LogP contribution in [-0.4, -0.2) is 61.0 Å². The summed E-state index contributed by atoms with van der Waals surface area (Å²) in [5.74, 6) is 0. The molecule has 2 aliphatic heterocycles. The summed E-state index contributed by atoms with van der Waals surface area (Å²) < 4.78 is 5.80. The number of rotatable bonds is 2. The zero-order valence-electron chi connectivity index (χ0n) is 8.78. The molecule has 3 atom stereocenters. The van der Waals surface area contributed by atoms with Gasteiger partial charge in [0, 0.05) is 32.7 Å². The van der Waals surface area contributed by atoms with Gasteiger partial charge in [0.05, 0.1) is 18.3 Å². The van der Waals surface area contributed by atoms with Crippen LogP contribution in [0.25, 0.3) is 0 Å². The number of nitrogens with one attached hydrogen (secondary N) is 1. The molecule has 0 amide bonds. The van der Waals surface area contributed by atoms with Crippen molar-refractivity contribution in [2.24, 2.45) is 0 Å². The molecule has 2 rings (SSSR count). The molecule has 82 valence electrons. The highest BCUT2D eigenvalue weighted by Gasteiger charge is 2.25. The third kappa shape index (κ3) is 2.67. The number of ether oxygens (including phenoxy) is 1. The predicted molar refractivity (Wildman–Crippen MR) is 54.3 cm³/mol. The maximum Gasteiger partial charge on any atom is 0.0830 e. The van der Waals surface area contributed by atoms with Crippen LogP contribution >= 0.6 is 0 Å². The fourth-order valence-electron chi connectivity index (χ4n) is 2.25. The van der Waals surface area contributed by atoms with E-state index in [9.17, 15) is 5.11 Å². The summed E-state index contributed by atoms with van der Waals surface area (Å²) in [6, 6.07) is 0. The SMILES string of the molecule is C[C@@H]1CNC[C@@H](CN2CC[C@H](O)C2)O1. The molecule has 2 fully saturated rings. The molecular formula is C10H20N2O2.